The molecule has 80 heavy (non-hydrogen) atoms. The van der Waals surface area contributed by atoms with Crippen LogP contribution in [-0.4, -0.2) is 39.9 Å². The minimum absolute atomic E-state index is 0.722. The SMILES string of the molecule is c1ccc(-c2c(-c3ccncc3)cc(-c3ccc4oc5c(-c6ccc(-c7ccnc8c7oc7ccc(-c9cc(-c%10ccncc%10)c(-c%10ccccn%10)c(-c%10ccncc%10)c9)cc78)cc6)ccnc5c4c3)cc2-c2ccncc2)nc1. The van der Waals surface area contributed by atoms with Gasteiger partial charge in [-0.2, -0.15) is 0 Å². The van der Waals surface area contributed by atoms with E-state index in [2.05, 4.69) is 105 Å². The molecule has 10 nitrogen and oxygen atoms in total. The van der Waals surface area contributed by atoms with Gasteiger partial charge in [0, 0.05) is 107 Å². The normalized spacial score (nSPS) is 11.5. The number of rotatable bonds is 10. The Morgan fingerprint density at radius 3 is 0.912 bits per heavy atom. The van der Waals surface area contributed by atoms with E-state index in [0.717, 1.165) is 156 Å². The van der Waals surface area contributed by atoms with Crippen LogP contribution in [-0.2, 0) is 0 Å². The standard InChI is InChI=1S/C70H42N8O2/c1-3-25-75-61(5-1)65-55(45-15-27-71-28-16-45)39-51(40-56(65)46-17-29-72-30-18-46)49-11-13-63-59(37-49)67-69(79-63)53(23-35-77-67)43-7-9-44(10-8-43)54-24-36-78-68-60-38-50(12-14-64(60)80-70(54)68)52-41-57(47-19-31-73-32-20-47)66(62-6-2-4-26-76-62)58(42-52)48-21-33-74-34-22-48/h1-42H. The molecule has 5 aromatic carbocycles. The van der Waals surface area contributed by atoms with Crippen molar-refractivity contribution in [2.45, 2.75) is 0 Å². The highest BCUT2D eigenvalue weighted by Gasteiger charge is 2.23. The lowest BCUT2D eigenvalue weighted by molar-refractivity contribution is 0.669. The maximum atomic E-state index is 6.71. The summed E-state index contributed by atoms with van der Waals surface area (Å²) in [5.41, 5.74) is 24.7. The zero-order valence-corrected chi connectivity index (χ0v) is 42.6. The zero-order valence-electron chi connectivity index (χ0n) is 42.6. The number of aromatic nitrogens is 8. The van der Waals surface area contributed by atoms with Crippen molar-refractivity contribution < 1.29 is 8.83 Å². The minimum Gasteiger partial charge on any atom is -0.454 e. The van der Waals surface area contributed by atoms with E-state index in [-0.39, 0.29) is 0 Å². The number of nitrogens with zero attached hydrogens (tertiary/aromatic N) is 8. The van der Waals surface area contributed by atoms with Crippen molar-refractivity contribution in [2.75, 3.05) is 0 Å². The van der Waals surface area contributed by atoms with E-state index in [1.165, 1.54) is 0 Å². The van der Waals surface area contributed by atoms with Gasteiger partial charge in [-0.15, -0.1) is 0 Å². The van der Waals surface area contributed by atoms with Crippen molar-refractivity contribution in [3.05, 3.63) is 256 Å². The Balaban J connectivity index is 0.792. The molecule has 0 radical (unpaired) electrons. The first kappa shape index (κ1) is 46.2. The highest BCUT2D eigenvalue weighted by molar-refractivity contribution is 6.11. The smallest absolute Gasteiger partial charge is 0.161 e. The first-order chi connectivity index (χ1) is 39.7. The molecular weight excluding hydrogens is 985 g/mol. The van der Waals surface area contributed by atoms with Crippen LogP contribution in [0.5, 0.6) is 0 Å². The molecule has 10 aromatic heterocycles. The lowest BCUT2D eigenvalue weighted by atomic mass is 9.86. The summed E-state index contributed by atoms with van der Waals surface area (Å²) in [5, 5.41) is 1.86. The van der Waals surface area contributed by atoms with Gasteiger partial charge in [0.1, 0.15) is 22.2 Å². The average molecular weight is 1030 g/mol. The van der Waals surface area contributed by atoms with E-state index in [4.69, 9.17) is 28.8 Å². The quantitative estimate of drug-likeness (QED) is 0.131. The summed E-state index contributed by atoms with van der Waals surface area (Å²) in [6.45, 7) is 0. The number of pyridine rings is 8. The largest absolute Gasteiger partial charge is 0.454 e. The third-order valence-electron chi connectivity index (χ3n) is 15.0. The Bertz CT molecular complexity index is 4360. The fraction of sp³-hybridized carbons (Fsp3) is 0. The highest BCUT2D eigenvalue weighted by atomic mass is 16.3. The van der Waals surface area contributed by atoms with E-state index in [0.29, 0.717) is 0 Å². The van der Waals surface area contributed by atoms with E-state index in [9.17, 15) is 0 Å². The summed E-state index contributed by atoms with van der Waals surface area (Å²) < 4.78 is 13.4. The van der Waals surface area contributed by atoms with Crippen molar-refractivity contribution in [2.24, 2.45) is 0 Å². The molecule has 0 N–H and O–H groups in total. The van der Waals surface area contributed by atoms with E-state index >= 15 is 0 Å². The molecule has 10 heterocycles. The predicted octanol–water partition coefficient (Wildman–Crippen LogP) is 17.3. The molecular formula is C70H42N8O2. The van der Waals surface area contributed by atoms with Gasteiger partial charge in [0.15, 0.2) is 11.2 Å². The van der Waals surface area contributed by atoms with Gasteiger partial charge < -0.3 is 8.83 Å². The van der Waals surface area contributed by atoms with Crippen molar-refractivity contribution in [1.29, 1.82) is 0 Å². The second-order valence-electron chi connectivity index (χ2n) is 19.5. The molecule has 0 amide bonds. The van der Waals surface area contributed by atoms with Crippen LogP contribution < -0.4 is 0 Å². The summed E-state index contributed by atoms with van der Waals surface area (Å²) in [7, 11) is 0. The van der Waals surface area contributed by atoms with Crippen molar-refractivity contribution in [3.63, 3.8) is 0 Å². The Labute approximate surface area is 458 Å². The second kappa shape index (κ2) is 19.5. The lowest BCUT2D eigenvalue weighted by Gasteiger charge is -2.18. The molecule has 15 aromatic rings. The van der Waals surface area contributed by atoms with Gasteiger partial charge >= 0.3 is 0 Å². The van der Waals surface area contributed by atoms with E-state index in [1.807, 2.05) is 171 Å². The molecule has 0 aliphatic carbocycles. The monoisotopic (exact) mass is 1030 g/mol. The van der Waals surface area contributed by atoms with Crippen molar-refractivity contribution in [3.8, 4) is 112 Å². The van der Waals surface area contributed by atoms with Gasteiger partial charge in [0.05, 0.1) is 11.4 Å². The van der Waals surface area contributed by atoms with Crippen LogP contribution in [0, 0.1) is 0 Å². The number of benzene rings is 5. The average Bonchev–Trinajstić information content (AvgIpc) is 4.17. The number of furan rings is 2. The van der Waals surface area contributed by atoms with Crippen LogP contribution >= 0.6 is 0 Å². The number of hydrogen-bond donors (Lipinski definition) is 0. The Morgan fingerprint density at radius 2 is 0.575 bits per heavy atom. The summed E-state index contributed by atoms with van der Waals surface area (Å²) in [5.74, 6) is 0. The Morgan fingerprint density at radius 1 is 0.237 bits per heavy atom. The van der Waals surface area contributed by atoms with Crippen LogP contribution in [0.4, 0.5) is 0 Å². The van der Waals surface area contributed by atoms with Gasteiger partial charge in [-0.1, -0.05) is 48.5 Å². The summed E-state index contributed by atoms with van der Waals surface area (Å²) in [6, 6.07) is 62.7. The molecule has 0 saturated carbocycles. The second-order valence-corrected chi connectivity index (χ2v) is 19.5. The van der Waals surface area contributed by atoms with Crippen LogP contribution in [0.1, 0.15) is 0 Å². The van der Waals surface area contributed by atoms with Gasteiger partial charge in [-0.3, -0.25) is 39.9 Å². The Kier molecular flexibility index (Phi) is 11.3. The molecule has 0 unspecified atom stereocenters. The van der Waals surface area contributed by atoms with Crippen LogP contribution in [0.3, 0.4) is 0 Å². The topological polar surface area (TPSA) is 129 Å². The first-order valence-electron chi connectivity index (χ1n) is 26.2. The molecule has 0 fully saturated rings. The first-order valence-corrected chi connectivity index (χ1v) is 26.2. The molecule has 0 spiro atoms. The molecule has 0 atom stereocenters. The van der Waals surface area contributed by atoms with Gasteiger partial charge in [0.25, 0.3) is 0 Å². The minimum atomic E-state index is 0.722. The maximum absolute atomic E-state index is 6.71. The van der Waals surface area contributed by atoms with Crippen molar-refractivity contribution in [1.82, 2.24) is 39.9 Å². The van der Waals surface area contributed by atoms with Gasteiger partial charge in [-0.25, -0.2) is 0 Å². The predicted molar refractivity (Wildman–Crippen MR) is 318 cm³/mol. The Hall–Kier alpha value is -11.1. The highest BCUT2D eigenvalue weighted by Crippen LogP contribution is 2.46. The molecule has 0 aliphatic heterocycles. The summed E-state index contributed by atoms with van der Waals surface area (Å²) in [4.78, 5) is 36.9. The molecule has 15 rings (SSSR count). The van der Waals surface area contributed by atoms with Gasteiger partial charge in [0.2, 0.25) is 0 Å². The maximum Gasteiger partial charge on any atom is 0.161 e. The van der Waals surface area contributed by atoms with Crippen molar-refractivity contribution >= 4 is 44.1 Å². The number of hydrogen-bond acceptors (Lipinski definition) is 10. The molecule has 0 saturated heterocycles. The molecule has 10 heteroatoms. The third kappa shape index (κ3) is 8.14. The fourth-order valence-electron chi connectivity index (χ4n) is 11.2. The lowest BCUT2D eigenvalue weighted by Crippen LogP contribution is -1.95. The number of fused-ring (bicyclic) bond motifs is 6. The molecule has 0 bridgehead atoms. The fourth-order valence-corrected chi connectivity index (χ4v) is 11.2. The zero-order chi connectivity index (χ0) is 52.9. The third-order valence-corrected chi connectivity index (χ3v) is 15.0. The van der Waals surface area contributed by atoms with Crippen LogP contribution in [0.2, 0.25) is 0 Å². The van der Waals surface area contributed by atoms with E-state index in [1.54, 1.807) is 0 Å². The molecule has 0 aliphatic rings. The van der Waals surface area contributed by atoms with E-state index < -0.39 is 0 Å². The van der Waals surface area contributed by atoms with Crippen LogP contribution in [0.25, 0.3) is 156 Å². The van der Waals surface area contributed by atoms with Crippen LogP contribution in [0.15, 0.2) is 265 Å². The summed E-state index contributed by atoms with van der Waals surface area (Å²) >= 11 is 0. The molecule has 374 valence electrons. The summed E-state index contributed by atoms with van der Waals surface area (Å²) in [6.07, 6.45) is 22.0. The van der Waals surface area contributed by atoms with Gasteiger partial charge in [-0.05, 0) is 211 Å².